The molecule has 6 nitrogen and oxygen atoms in total. The zero-order valence-electron chi connectivity index (χ0n) is 10.8. The molecule has 0 aromatic rings. The van der Waals surface area contributed by atoms with Gasteiger partial charge in [0.15, 0.2) is 0 Å². The third-order valence-corrected chi connectivity index (χ3v) is 3.11. The summed E-state index contributed by atoms with van der Waals surface area (Å²) in [5, 5.41) is 8.51. The van der Waals surface area contributed by atoms with E-state index in [2.05, 4.69) is 0 Å². The maximum atomic E-state index is 11.9. The van der Waals surface area contributed by atoms with Crippen molar-refractivity contribution in [1.29, 1.82) is 0 Å². The van der Waals surface area contributed by atoms with E-state index < -0.39 is 12.0 Å². The molecule has 0 aromatic heterocycles. The normalized spacial score (nSPS) is 18.7. The number of piperidine rings is 1. The van der Waals surface area contributed by atoms with Crippen LogP contribution < -0.4 is 5.73 Å². The molecule has 1 saturated heterocycles. The van der Waals surface area contributed by atoms with Crippen molar-refractivity contribution in [3.8, 4) is 0 Å². The van der Waals surface area contributed by atoms with Crippen LogP contribution in [-0.2, 0) is 14.3 Å². The lowest BCUT2D eigenvalue weighted by molar-refractivity contribution is -0.147. The van der Waals surface area contributed by atoms with Gasteiger partial charge in [0.05, 0.1) is 12.1 Å². The van der Waals surface area contributed by atoms with Crippen LogP contribution >= 0.6 is 0 Å². The molecule has 6 heteroatoms. The van der Waals surface area contributed by atoms with Crippen molar-refractivity contribution in [2.75, 3.05) is 19.7 Å². The molecule has 0 saturated carbocycles. The van der Waals surface area contributed by atoms with Gasteiger partial charge in [-0.3, -0.25) is 4.79 Å². The molecule has 0 unspecified atom stereocenters. The number of nitrogens with zero attached hydrogens (tertiary/aromatic N) is 1. The van der Waals surface area contributed by atoms with Gasteiger partial charge >= 0.3 is 5.97 Å². The maximum Gasteiger partial charge on any atom is 0.329 e. The molecule has 1 rings (SSSR count). The van der Waals surface area contributed by atoms with E-state index in [9.17, 15) is 9.59 Å². The Hall–Kier alpha value is -1.14. The Bertz CT molecular complexity index is 288. The van der Waals surface area contributed by atoms with Crippen LogP contribution in [0.2, 0.25) is 0 Å². The second-order valence-corrected chi connectivity index (χ2v) is 4.62. The summed E-state index contributed by atoms with van der Waals surface area (Å²) >= 11 is 0. The molecule has 1 fully saturated rings. The Kier molecular flexibility index (Phi) is 6.07. The largest absolute Gasteiger partial charge is 0.480 e. The van der Waals surface area contributed by atoms with E-state index in [0.29, 0.717) is 32.4 Å². The van der Waals surface area contributed by atoms with E-state index >= 15 is 0 Å². The molecule has 1 aliphatic rings. The van der Waals surface area contributed by atoms with Crippen LogP contribution in [-0.4, -0.2) is 53.7 Å². The van der Waals surface area contributed by atoms with E-state index in [-0.39, 0.29) is 18.6 Å². The van der Waals surface area contributed by atoms with Crippen LogP contribution in [0, 0.1) is 0 Å². The number of carboxylic acid groups (broad SMARTS) is 1. The molecule has 3 N–H and O–H groups in total. The number of carbonyl (C=O) groups is 2. The summed E-state index contributed by atoms with van der Waals surface area (Å²) in [6.45, 7) is 2.92. The number of hydrogen-bond acceptors (Lipinski definition) is 4. The van der Waals surface area contributed by atoms with Crippen molar-refractivity contribution in [2.45, 2.75) is 44.8 Å². The Morgan fingerprint density at radius 3 is 2.56 bits per heavy atom. The standard InChI is InChI=1S/C12H22N2O4/c1-2-3-10(13)12(17)14-6-4-9(5-7-14)18-8-11(15)16/h9-10H,2-8,13H2,1H3,(H,15,16)/t10-/m1/s1. The predicted octanol–water partition coefficient (Wildman–Crippen LogP) is 0.206. The molecule has 0 aliphatic carbocycles. The van der Waals surface area contributed by atoms with Crippen molar-refractivity contribution >= 4 is 11.9 Å². The minimum Gasteiger partial charge on any atom is -0.480 e. The summed E-state index contributed by atoms with van der Waals surface area (Å²) in [6.07, 6.45) is 2.89. The second kappa shape index (κ2) is 7.33. The molecule has 1 heterocycles. The first-order chi connectivity index (χ1) is 8.54. The first kappa shape index (κ1) is 14.9. The van der Waals surface area contributed by atoms with Crippen LogP contribution in [0.3, 0.4) is 0 Å². The molecule has 0 aromatic carbocycles. The molecule has 0 radical (unpaired) electrons. The number of aliphatic carboxylic acids is 1. The number of rotatable bonds is 6. The summed E-state index contributed by atoms with van der Waals surface area (Å²) in [7, 11) is 0. The number of amides is 1. The zero-order valence-corrected chi connectivity index (χ0v) is 10.8. The fourth-order valence-electron chi connectivity index (χ4n) is 2.10. The lowest BCUT2D eigenvalue weighted by Crippen LogP contribution is -2.48. The molecule has 1 atom stereocenters. The lowest BCUT2D eigenvalue weighted by Gasteiger charge is -2.33. The highest BCUT2D eigenvalue weighted by molar-refractivity contribution is 5.81. The summed E-state index contributed by atoms with van der Waals surface area (Å²) < 4.78 is 5.21. The smallest absolute Gasteiger partial charge is 0.329 e. The van der Waals surface area contributed by atoms with Crippen LogP contribution in [0.15, 0.2) is 0 Å². The molecular weight excluding hydrogens is 236 g/mol. The summed E-state index contributed by atoms with van der Waals surface area (Å²) in [5.74, 6) is -0.966. The van der Waals surface area contributed by atoms with Gasteiger partial charge in [-0.1, -0.05) is 13.3 Å². The Labute approximate surface area is 107 Å². The number of hydrogen-bond donors (Lipinski definition) is 2. The molecule has 1 amide bonds. The van der Waals surface area contributed by atoms with E-state index in [4.69, 9.17) is 15.6 Å². The Morgan fingerprint density at radius 2 is 2.06 bits per heavy atom. The minimum absolute atomic E-state index is 0.00599. The summed E-state index contributed by atoms with van der Waals surface area (Å²) in [5.41, 5.74) is 5.79. The van der Waals surface area contributed by atoms with E-state index in [1.165, 1.54) is 0 Å². The number of nitrogens with two attached hydrogens (primary N) is 1. The van der Waals surface area contributed by atoms with Crippen molar-refractivity contribution in [1.82, 2.24) is 4.90 Å². The molecule has 1 aliphatic heterocycles. The summed E-state index contributed by atoms with van der Waals surface area (Å²) in [4.78, 5) is 24.0. The number of carbonyl (C=O) groups excluding carboxylic acids is 1. The van der Waals surface area contributed by atoms with Crippen molar-refractivity contribution < 1.29 is 19.4 Å². The number of likely N-dealkylation sites (tertiary alicyclic amines) is 1. The highest BCUT2D eigenvalue weighted by Crippen LogP contribution is 2.15. The van der Waals surface area contributed by atoms with Gasteiger partial charge in [0.2, 0.25) is 5.91 Å². The molecule has 0 bridgehead atoms. The quantitative estimate of drug-likeness (QED) is 0.710. The Morgan fingerprint density at radius 1 is 1.44 bits per heavy atom. The van der Waals surface area contributed by atoms with Crippen LogP contribution in [0.4, 0.5) is 0 Å². The average molecular weight is 258 g/mol. The van der Waals surface area contributed by atoms with Crippen molar-refractivity contribution in [3.63, 3.8) is 0 Å². The topological polar surface area (TPSA) is 92.9 Å². The van der Waals surface area contributed by atoms with Gasteiger partial charge in [-0.2, -0.15) is 0 Å². The van der Waals surface area contributed by atoms with Crippen LogP contribution in [0.1, 0.15) is 32.6 Å². The summed E-state index contributed by atoms with van der Waals surface area (Å²) in [6, 6.07) is -0.411. The first-order valence-electron chi connectivity index (χ1n) is 6.42. The molecule has 104 valence electrons. The zero-order chi connectivity index (χ0) is 13.5. The second-order valence-electron chi connectivity index (χ2n) is 4.62. The maximum absolute atomic E-state index is 11.9. The predicted molar refractivity (Wildman–Crippen MR) is 66.1 cm³/mol. The fourth-order valence-corrected chi connectivity index (χ4v) is 2.10. The van der Waals surface area contributed by atoms with Crippen LogP contribution in [0.25, 0.3) is 0 Å². The van der Waals surface area contributed by atoms with Gasteiger partial charge in [0, 0.05) is 13.1 Å². The van der Waals surface area contributed by atoms with Crippen molar-refractivity contribution in [3.05, 3.63) is 0 Å². The third-order valence-electron chi connectivity index (χ3n) is 3.11. The van der Waals surface area contributed by atoms with Crippen LogP contribution in [0.5, 0.6) is 0 Å². The highest BCUT2D eigenvalue weighted by Gasteiger charge is 2.26. The monoisotopic (exact) mass is 258 g/mol. The van der Waals surface area contributed by atoms with Gasteiger partial charge in [-0.05, 0) is 19.3 Å². The lowest BCUT2D eigenvalue weighted by atomic mass is 10.1. The number of carboxylic acids is 1. The van der Waals surface area contributed by atoms with Gasteiger partial charge in [0.25, 0.3) is 0 Å². The van der Waals surface area contributed by atoms with Crippen molar-refractivity contribution in [2.24, 2.45) is 5.73 Å². The molecule has 18 heavy (non-hydrogen) atoms. The first-order valence-corrected chi connectivity index (χ1v) is 6.42. The highest BCUT2D eigenvalue weighted by atomic mass is 16.5. The van der Waals surface area contributed by atoms with Gasteiger partial charge in [-0.15, -0.1) is 0 Å². The Balaban J connectivity index is 2.30. The van der Waals surface area contributed by atoms with Gasteiger partial charge in [-0.25, -0.2) is 4.79 Å². The number of ether oxygens (including phenoxy) is 1. The van der Waals surface area contributed by atoms with E-state index in [1.54, 1.807) is 4.90 Å². The van der Waals surface area contributed by atoms with Gasteiger partial charge < -0.3 is 20.5 Å². The molecule has 0 spiro atoms. The van der Waals surface area contributed by atoms with E-state index in [0.717, 1.165) is 6.42 Å². The minimum atomic E-state index is -0.960. The molecular formula is C12H22N2O4. The fraction of sp³-hybridized carbons (Fsp3) is 0.833. The average Bonchev–Trinajstić information content (AvgIpc) is 2.36. The van der Waals surface area contributed by atoms with Gasteiger partial charge in [0.1, 0.15) is 6.61 Å². The SMILES string of the molecule is CCC[C@@H](N)C(=O)N1CCC(OCC(=O)O)CC1. The third kappa shape index (κ3) is 4.62. The van der Waals surface area contributed by atoms with E-state index in [1.807, 2.05) is 6.92 Å².